The molecule has 0 radical (unpaired) electrons. The number of nitrogens with zero attached hydrogens (tertiary/aromatic N) is 2. The highest BCUT2D eigenvalue weighted by Gasteiger charge is 2.09. The van der Waals surface area contributed by atoms with E-state index in [-0.39, 0.29) is 0 Å². The van der Waals surface area contributed by atoms with Crippen LogP contribution >= 0.6 is 0 Å². The number of imidazole rings is 1. The van der Waals surface area contributed by atoms with Crippen LogP contribution in [0.4, 0.5) is 0 Å². The van der Waals surface area contributed by atoms with Crippen molar-refractivity contribution in [3.63, 3.8) is 0 Å². The van der Waals surface area contributed by atoms with Crippen LogP contribution in [0.2, 0.25) is 0 Å². The van der Waals surface area contributed by atoms with Crippen molar-refractivity contribution in [1.29, 1.82) is 0 Å². The van der Waals surface area contributed by atoms with Crippen molar-refractivity contribution < 1.29 is 5.11 Å². The third-order valence-electron chi connectivity index (χ3n) is 1.78. The van der Waals surface area contributed by atoms with Crippen molar-refractivity contribution >= 4 is 0 Å². The first-order valence-corrected chi connectivity index (χ1v) is 4.10. The highest BCUT2D eigenvalue weighted by Crippen LogP contribution is 2.08. The number of aliphatic hydroxyl groups is 1. The zero-order chi connectivity index (χ0) is 8.97. The van der Waals surface area contributed by atoms with Gasteiger partial charge in [-0.2, -0.15) is 0 Å². The quantitative estimate of drug-likeness (QED) is 0.670. The maximum Gasteiger partial charge on any atom is 0.108 e. The molecule has 12 heavy (non-hydrogen) atoms. The van der Waals surface area contributed by atoms with E-state index in [1.807, 2.05) is 18.5 Å². The number of likely N-dealkylation sites (N-methyl/N-ethyl adjacent to an activating group) is 1. The Kier molecular flexibility index (Phi) is 3.25. The third kappa shape index (κ3) is 2.06. The fourth-order valence-corrected chi connectivity index (χ4v) is 1.07. The topological polar surface area (TPSA) is 50.1 Å². The fourth-order valence-electron chi connectivity index (χ4n) is 1.07. The van der Waals surface area contributed by atoms with Crippen LogP contribution in [-0.4, -0.2) is 27.7 Å². The summed E-state index contributed by atoms with van der Waals surface area (Å²) in [6, 6.07) is 0. The zero-order valence-electron chi connectivity index (χ0n) is 7.49. The van der Waals surface area contributed by atoms with E-state index in [1.165, 1.54) is 0 Å². The van der Waals surface area contributed by atoms with Crippen molar-refractivity contribution in [3.05, 3.63) is 18.2 Å². The van der Waals surface area contributed by atoms with Gasteiger partial charge < -0.3 is 15.0 Å². The van der Waals surface area contributed by atoms with Crippen molar-refractivity contribution in [2.24, 2.45) is 7.05 Å². The number of rotatable bonds is 4. The predicted octanol–water partition coefficient (Wildman–Crippen LogP) is 0.0630. The normalized spacial score (nSPS) is 13.2. The van der Waals surface area contributed by atoms with E-state index in [0.717, 1.165) is 12.2 Å². The Bertz CT molecular complexity index is 234. The van der Waals surface area contributed by atoms with E-state index in [9.17, 15) is 5.11 Å². The molecular formula is C8H15N3O. The number of nitrogens with one attached hydrogen (secondary N) is 1. The maximum absolute atomic E-state index is 9.60. The van der Waals surface area contributed by atoms with Crippen molar-refractivity contribution in [1.82, 2.24) is 14.9 Å². The Labute approximate surface area is 72.2 Å². The predicted molar refractivity (Wildman–Crippen MR) is 46.7 cm³/mol. The minimum absolute atomic E-state index is 0.461. The Balaban J connectivity index is 2.52. The molecule has 0 aliphatic carbocycles. The molecule has 0 bridgehead atoms. The van der Waals surface area contributed by atoms with Crippen LogP contribution in [0.1, 0.15) is 18.7 Å². The van der Waals surface area contributed by atoms with Crippen LogP contribution in [0, 0.1) is 0 Å². The second kappa shape index (κ2) is 4.23. The van der Waals surface area contributed by atoms with E-state index >= 15 is 0 Å². The van der Waals surface area contributed by atoms with E-state index in [0.29, 0.717) is 6.54 Å². The molecule has 1 rings (SSSR count). The summed E-state index contributed by atoms with van der Waals surface area (Å²) < 4.78 is 1.82. The molecule has 68 valence electrons. The van der Waals surface area contributed by atoms with Gasteiger partial charge in [-0.1, -0.05) is 6.92 Å². The lowest BCUT2D eigenvalue weighted by molar-refractivity contribution is 0.167. The van der Waals surface area contributed by atoms with E-state index < -0.39 is 6.10 Å². The van der Waals surface area contributed by atoms with Crippen LogP contribution < -0.4 is 5.32 Å². The van der Waals surface area contributed by atoms with Crippen LogP contribution in [-0.2, 0) is 7.05 Å². The van der Waals surface area contributed by atoms with Gasteiger partial charge in [0.15, 0.2) is 0 Å². The van der Waals surface area contributed by atoms with Gasteiger partial charge >= 0.3 is 0 Å². The van der Waals surface area contributed by atoms with Crippen molar-refractivity contribution in [2.75, 3.05) is 13.1 Å². The second-order valence-electron chi connectivity index (χ2n) is 2.75. The van der Waals surface area contributed by atoms with Crippen molar-refractivity contribution in [3.8, 4) is 0 Å². The van der Waals surface area contributed by atoms with Crippen molar-refractivity contribution in [2.45, 2.75) is 13.0 Å². The summed E-state index contributed by atoms with van der Waals surface area (Å²) in [5.74, 6) is 0. The largest absolute Gasteiger partial charge is 0.385 e. The molecule has 0 fully saturated rings. The van der Waals surface area contributed by atoms with Crippen LogP contribution in [0.3, 0.4) is 0 Å². The number of hydrogen-bond acceptors (Lipinski definition) is 3. The number of hydrogen-bond donors (Lipinski definition) is 2. The number of aromatic nitrogens is 2. The molecule has 1 aromatic rings. The Morgan fingerprint density at radius 1 is 1.75 bits per heavy atom. The summed E-state index contributed by atoms with van der Waals surface area (Å²) in [7, 11) is 1.87. The second-order valence-corrected chi connectivity index (χ2v) is 2.75. The average molecular weight is 169 g/mol. The molecule has 1 unspecified atom stereocenters. The van der Waals surface area contributed by atoms with Crippen LogP contribution in [0.15, 0.2) is 12.5 Å². The smallest absolute Gasteiger partial charge is 0.108 e. The summed E-state index contributed by atoms with van der Waals surface area (Å²) in [6.45, 7) is 3.46. The van der Waals surface area contributed by atoms with Gasteiger partial charge in [-0.05, 0) is 6.54 Å². The summed E-state index contributed by atoms with van der Waals surface area (Å²) in [5.41, 5.74) is 0.843. The first-order chi connectivity index (χ1) is 5.75. The Morgan fingerprint density at radius 3 is 3.00 bits per heavy atom. The molecule has 1 heterocycles. The molecule has 0 saturated carbocycles. The highest BCUT2D eigenvalue weighted by atomic mass is 16.3. The Hall–Kier alpha value is -0.870. The lowest BCUT2D eigenvalue weighted by Crippen LogP contribution is -2.22. The first kappa shape index (κ1) is 9.22. The lowest BCUT2D eigenvalue weighted by atomic mass is 10.2. The molecular weight excluding hydrogens is 154 g/mol. The molecule has 0 aliphatic rings. The lowest BCUT2D eigenvalue weighted by Gasteiger charge is -2.10. The molecule has 0 aromatic carbocycles. The van der Waals surface area contributed by atoms with Gasteiger partial charge in [0.05, 0.1) is 18.2 Å². The highest BCUT2D eigenvalue weighted by molar-refractivity contribution is 5.02. The summed E-state index contributed by atoms with van der Waals surface area (Å²) in [6.07, 6.45) is 2.91. The van der Waals surface area contributed by atoms with Gasteiger partial charge in [-0.25, -0.2) is 4.98 Å². The third-order valence-corrected chi connectivity index (χ3v) is 1.78. The van der Waals surface area contributed by atoms with E-state index in [1.54, 1.807) is 12.5 Å². The molecule has 1 atom stereocenters. The van der Waals surface area contributed by atoms with E-state index in [2.05, 4.69) is 10.3 Å². The summed E-state index contributed by atoms with van der Waals surface area (Å²) in [5, 5.41) is 12.7. The molecule has 4 heteroatoms. The SMILES string of the molecule is CCNCC(O)c1cncn1C. The number of aryl methyl sites for hydroxylation is 1. The maximum atomic E-state index is 9.60. The standard InChI is InChI=1S/C8H15N3O/c1-3-9-5-8(12)7-4-10-6-11(7)2/h4,6,8-9,12H,3,5H2,1-2H3. The molecule has 2 N–H and O–H groups in total. The van der Waals surface area contributed by atoms with Gasteiger partial charge in [0, 0.05) is 13.6 Å². The fraction of sp³-hybridized carbons (Fsp3) is 0.625. The van der Waals surface area contributed by atoms with Gasteiger partial charge in [0.2, 0.25) is 0 Å². The summed E-state index contributed by atoms with van der Waals surface area (Å²) >= 11 is 0. The zero-order valence-corrected chi connectivity index (χ0v) is 7.49. The average Bonchev–Trinajstić information content (AvgIpc) is 2.47. The molecule has 0 aliphatic heterocycles. The minimum atomic E-state index is -0.461. The minimum Gasteiger partial charge on any atom is -0.385 e. The van der Waals surface area contributed by atoms with Gasteiger partial charge in [0.25, 0.3) is 0 Å². The molecule has 1 aromatic heterocycles. The first-order valence-electron chi connectivity index (χ1n) is 4.10. The number of aliphatic hydroxyl groups excluding tert-OH is 1. The van der Waals surface area contributed by atoms with E-state index in [4.69, 9.17) is 0 Å². The molecule has 0 saturated heterocycles. The van der Waals surface area contributed by atoms with Gasteiger partial charge in [-0.15, -0.1) is 0 Å². The molecule has 0 amide bonds. The van der Waals surface area contributed by atoms with Crippen LogP contribution in [0.25, 0.3) is 0 Å². The van der Waals surface area contributed by atoms with Gasteiger partial charge in [0.1, 0.15) is 6.10 Å². The van der Waals surface area contributed by atoms with Crippen LogP contribution in [0.5, 0.6) is 0 Å². The van der Waals surface area contributed by atoms with Gasteiger partial charge in [-0.3, -0.25) is 0 Å². The monoisotopic (exact) mass is 169 g/mol. The molecule has 4 nitrogen and oxygen atoms in total. The molecule has 0 spiro atoms. The Morgan fingerprint density at radius 2 is 2.50 bits per heavy atom. The summed E-state index contributed by atoms with van der Waals surface area (Å²) in [4.78, 5) is 3.93.